The smallest absolute Gasteiger partial charge is 0.199 e. The molecule has 0 bridgehead atoms. The van der Waals surface area contributed by atoms with Gasteiger partial charge in [-0.3, -0.25) is 4.79 Å². The number of hydrogen-bond acceptors (Lipinski definition) is 5. The fourth-order valence-electron chi connectivity index (χ4n) is 2.22. The highest BCUT2D eigenvalue weighted by atomic mass is 16.6. The van der Waals surface area contributed by atoms with E-state index < -0.39 is 11.7 Å². The lowest BCUT2D eigenvalue weighted by Gasteiger charge is -2.30. The molecule has 22 heavy (non-hydrogen) atoms. The highest BCUT2D eigenvalue weighted by Crippen LogP contribution is 2.28. The lowest BCUT2D eigenvalue weighted by Crippen LogP contribution is -2.41. The highest BCUT2D eigenvalue weighted by molar-refractivity contribution is 5.97. The Bertz CT molecular complexity index is 644. The van der Waals surface area contributed by atoms with Crippen molar-refractivity contribution in [3.8, 4) is 11.5 Å². The number of methoxy groups -OCH3 is 2. The average molecular weight is 302 g/mol. The molecular weight excluding hydrogens is 284 g/mol. The van der Waals surface area contributed by atoms with Crippen LogP contribution in [0.2, 0.25) is 0 Å². The van der Waals surface area contributed by atoms with Gasteiger partial charge in [0.2, 0.25) is 0 Å². The van der Waals surface area contributed by atoms with Crippen molar-refractivity contribution >= 4 is 11.9 Å². The zero-order chi connectivity index (χ0) is 16.2. The number of allylic oxidation sites excluding steroid dienone is 3. The van der Waals surface area contributed by atoms with Crippen LogP contribution in [0.4, 0.5) is 0 Å². The van der Waals surface area contributed by atoms with Gasteiger partial charge in [-0.1, -0.05) is 18.2 Å². The summed E-state index contributed by atoms with van der Waals surface area (Å²) in [5, 5.41) is 19.7. The van der Waals surface area contributed by atoms with Crippen LogP contribution in [0.5, 0.6) is 11.5 Å². The second kappa shape index (κ2) is 6.60. The summed E-state index contributed by atoms with van der Waals surface area (Å²) in [6.45, 7) is 0. The van der Waals surface area contributed by atoms with Crippen LogP contribution in [0, 0.1) is 5.92 Å². The number of rotatable bonds is 5. The molecule has 2 rings (SSSR count). The first-order valence-corrected chi connectivity index (χ1v) is 6.72. The van der Waals surface area contributed by atoms with Crippen LogP contribution < -0.4 is 4.74 Å². The minimum absolute atomic E-state index is 0.0782. The van der Waals surface area contributed by atoms with Gasteiger partial charge in [-0.2, -0.15) is 0 Å². The van der Waals surface area contributed by atoms with Gasteiger partial charge in [-0.05, 0) is 30.4 Å². The molecule has 116 valence electrons. The Morgan fingerprint density at radius 3 is 2.77 bits per heavy atom. The third kappa shape index (κ3) is 3.27. The molecule has 1 aliphatic rings. The number of ether oxygens (including phenoxy) is 2. The van der Waals surface area contributed by atoms with E-state index in [1.54, 1.807) is 30.4 Å². The van der Waals surface area contributed by atoms with Crippen molar-refractivity contribution < 1.29 is 24.5 Å². The molecule has 2 unspecified atom stereocenters. The zero-order valence-corrected chi connectivity index (χ0v) is 12.4. The van der Waals surface area contributed by atoms with Crippen molar-refractivity contribution in [3.63, 3.8) is 0 Å². The third-order valence-electron chi connectivity index (χ3n) is 3.47. The Morgan fingerprint density at radius 2 is 2.09 bits per heavy atom. The van der Waals surface area contributed by atoms with Gasteiger partial charge in [0.25, 0.3) is 0 Å². The van der Waals surface area contributed by atoms with Gasteiger partial charge < -0.3 is 19.7 Å². The molecular formula is C17H18O5. The predicted octanol–water partition coefficient (Wildman–Crippen LogP) is 2.06. The number of hydrogen-bond donors (Lipinski definition) is 2. The summed E-state index contributed by atoms with van der Waals surface area (Å²) in [6, 6.07) is 4.59. The van der Waals surface area contributed by atoms with E-state index >= 15 is 0 Å². The number of carbonyl (C=O) groups excluding carboxylic acids is 1. The standard InChI is InChI=1S/C17H18O5/c1-21-16-11-13(18)8-6-12(16)7-9-15(19)14-5-3-4-10-17(14,20)22-2/h3-11,14,18,20H,1-2H3/b9-7+. The van der Waals surface area contributed by atoms with E-state index in [1.165, 1.54) is 38.5 Å². The highest BCUT2D eigenvalue weighted by Gasteiger charge is 2.37. The van der Waals surface area contributed by atoms with Gasteiger partial charge in [0.05, 0.1) is 13.0 Å². The van der Waals surface area contributed by atoms with E-state index in [0.29, 0.717) is 11.3 Å². The van der Waals surface area contributed by atoms with Crippen molar-refractivity contribution in [3.05, 3.63) is 54.1 Å². The lowest BCUT2D eigenvalue weighted by molar-refractivity contribution is -0.176. The summed E-state index contributed by atoms with van der Waals surface area (Å²) >= 11 is 0. The average Bonchev–Trinajstić information content (AvgIpc) is 2.53. The molecule has 0 radical (unpaired) electrons. The Balaban J connectivity index is 2.21. The minimum Gasteiger partial charge on any atom is -0.508 e. The number of phenolic OH excluding ortho intramolecular Hbond substituents is 1. The van der Waals surface area contributed by atoms with E-state index in [9.17, 15) is 15.0 Å². The van der Waals surface area contributed by atoms with Crippen LogP contribution in [0.25, 0.3) is 6.08 Å². The van der Waals surface area contributed by atoms with Crippen molar-refractivity contribution in [1.82, 2.24) is 0 Å². The number of aromatic hydroxyl groups is 1. The van der Waals surface area contributed by atoms with Crippen LogP contribution in [-0.2, 0) is 9.53 Å². The number of carbonyl (C=O) groups is 1. The molecule has 0 aromatic heterocycles. The number of benzene rings is 1. The predicted molar refractivity (Wildman–Crippen MR) is 82.4 cm³/mol. The molecule has 5 heteroatoms. The van der Waals surface area contributed by atoms with Gasteiger partial charge >= 0.3 is 0 Å². The topological polar surface area (TPSA) is 76.0 Å². The molecule has 1 aromatic carbocycles. The molecule has 0 aliphatic heterocycles. The van der Waals surface area contributed by atoms with Crippen molar-refractivity contribution in [2.24, 2.45) is 5.92 Å². The minimum atomic E-state index is -1.64. The molecule has 1 aromatic rings. The van der Waals surface area contributed by atoms with Crippen LogP contribution in [-0.4, -0.2) is 36.0 Å². The van der Waals surface area contributed by atoms with E-state index in [2.05, 4.69) is 0 Å². The van der Waals surface area contributed by atoms with E-state index in [4.69, 9.17) is 9.47 Å². The Hall–Kier alpha value is -2.37. The fourth-order valence-corrected chi connectivity index (χ4v) is 2.22. The van der Waals surface area contributed by atoms with Crippen molar-refractivity contribution in [2.45, 2.75) is 5.79 Å². The van der Waals surface area contributed by atoms with Gasteiger partial charge in [0.15, 0.2) is 11.6 Å². The van der Waals surface area contributed by atoms with Gasteiger partial charge in [-0.25, -0.2) is 0 Å². The molecule has 0 amide bonds. The quantitative estimate of drug-likeness (QED) is 0.643. The van der Waals surface area contributed by atoms with Crippen LogP contribution in [0.3, 0.4) is 0 Å². The molecule has 0 saturated heterocycles. The first kappa shape index (κ1) is 16.0. The summed E-state index contributed by atoms with van der Waals surface area (Å²) in [5.74, 6) is -2.24. The molecule has 0 fully saturated rings. The monoisotopic (exact) mass is 302 g/mol. The number of phenols is 1. The molecule has 2 atom stereocenters. The maximum Gasteiger partial charge on any atom is 0.199 e. The van der Waals surface area contributed by atoms with Gasteiger partial charge in [0.1, 0.15) is 11.5 Å². The maximum absolute atomic E-state index is 12.3. The van der Waals surface area contributed by atoms with E-state index in [0.717, 1.165) is 0 Å². The summed E-state index contributed by atoms with van der Waals surface area (Å²) in [7, 11) is 2.82. The molecule has 0 saturated carbocycles. The number of aliphatic hydroxyl groups is 1. The zero-order valence-electron chi connectivity index (χ0n) is 12.4. The molecule has 2 N–H and O–H groups in total. The van der Waals surface area contributed by atoms with Crippen molar-refractivity contribution in [2.75, 3.05) is 14.2 Å². The fraction of sp³-hybridized carbons (Fsp3) is 0.235. The summed E-state index contributed by atoms with van der Waals surface area (Å²) in [6.07, 6.45) is 9.26. The third-order valence-corrected chi connectivity index (χ3v) is 3.47. The second-order valence-electron chi connectivity index (χ2n) is 4.84. The summed E-state index contributed by atoms with van der Waals surface area (Å²) in [4.78, 5) is 12.3. The molecule has 0 spiro atoms. The first-order valence-electron chi connectivity index (χ1n) is 6.72. The Labute approximate surface area is 128 Å². The molecule has 1 aliphatic carbocycles. The Morgan fingerprint density at radius 1 is 1.32 bits per heavy atom. The van der Waals surface area contributed by atoms with Crippen LogP contribution in [0.15, 0.2) is 48.6 Å². The Kier molecular flexibility index (Phi) is 4.80. The van der Waals surface area contributed by atoms with Gasteiger partial charge in [-0.15, -0.1) is 0 Å². The summed E-state index contributed by atoms with van der Waals surface area (Å²) in [5.41, 5.74) is 0.643. The molecule has 0 heterocycles. The van der Waals surface area contributed by atoms with E-state index in [1.807, 2.05) is 0 Å². The van der Waals surface area contributed by atoms with E-state index in [-0.39, 0.29) is 11.5 Å². The SMILES string of the molecule is COc1cc(O)ccc1/C=C/C(=O)C1C=CC=CC1(O)OC. The molecule has 5 nitrogen and oxygen atoms in total. The second-order valence-corrected chi connectivity index (χ2v) is 4.84. The van der Waals surface area contributed by atoms with Crippen LogP contribution >= 0.6 is 0 Å². The van der Waals surface area contributed by atoms with Gasteiger partial charge in [0, 0.05) is 18.7 Å². The normalized spacial score (nSPS) is 23.9. The summed E-state index contributed by atoms with van der Waals surface area (Å²) < 4.78 is 10.2. The van der Waals surface area contributed by atoms with Crippen LogP contribution in [0.1, 0.15) is 5.56 Å². The first-order chi connectivity index (χ1) is 10.5. The lowest BCUT2D eigenvalue weighted by atomic mass is 9.89. The number of ketones is 1. The maximum atomic E-state index is 12.3. The largest absolute Gasteiger partial charge is 0.508 e. The van der Waals surface area contributed by atoms with Crippen molar-refractivity contribution in [1.29, 1.82) is 0 Å².